The molecule has 0 aromatic heterocycles. The van der Waals surface area contributed by atoms with Crippen molar-refractivity contribution in [1.29, 1.82) is 0 Å². The Bertz CT molecular complexity index is 301. The third kappa shape index (κ3) is 4.88. The molecule has 0 fully saturated rings. The van der Waals surface area contributed by atoms with Gasteiger partial charge in [0.1, 0.15) is 0 Å². The van der Waals surface area contributed by atoms with E-state index in [1.54, 1.807) is 0 Å². The Morgan fingerprint density at radius 1 is 1.06 bits per heavy atom. The van der Waals surface area contributed by atoms with Gasteiger partial charge in [0.2, 0.25) is 0 Å². The fourth-order valence-corrected chi connectivity index (χ4v) is 2.14. The van der Waals surface area contributed by atoms with E-state index in [2.05, 4.69) is 50.1 Å². The van der Waals surface area contributed by atoms with Crippen molar-refractivity contribution in [3.05, 3.63) is 35.4 Å². The number of nitrogens with zero attached hydrogens (tertiary/aromatic N) is 1. The third-order valence-corrected chi connectivity index (χ3v) is 3.44. The van der Waals surface area contributed by atoms with E-state index in [4.69, 9.17) is 5.73 Å². The van der Waals surface area contributed by atoms with Gasteiger partial charge >= 0.3 is 0 Å². The molecule has 0 saturated heterocycles. The molecule has 0 spiro atoms. The van der Waals surface area contributed by atoms with Gasteiger partial charge in [-0.05, 0) is 24.1 Å². The van der Waals surface area contributed by atoms with Crippen LogP contribution in [0.4, 0.5) is 0 Å². The van der Waals surface area contributed by atoms with E-state index < -0.39 is 0 Å². The van der Waals surface area contributed by atoms with Crippen LogP contribution in [0.5, 0.6) is 0 Å². The maximum atomic E-state index is 5.59. The number of nitrogens with two attached hydrogens (primary N) is 1. The van der Waals surface area contributed by atoms with Gasteiger partial charge in [-0.3, -0.25) is 0 Å². The van der Waals surface area contributed by atoms with Crippen LogP contribution >= 0.6 is 0 Å². The minimum Gasteiger partial charge on any atom is -0.326 e. The van der Waals surface area contributed by atoms with Gasteiger partial charge in [-0.15, -0.1) is 0 Å². The molecule has 0 unspecified atom stereocenters. The Morgan fingerprint density at radius 2 is 1.59 bits per heavy atom. The molecule has 0 aliphatic rings. The van der Waals surface area contributed by atoms with Gasteiger partial charge in [0.05, 0.1) is 0 Å². The zero-order valence-electron chi connectivity index (χ0n) is 11.4. The zero-order valence-corrected chi connectivity index (χ0v) is 11.4. The molecule has 96 valence electrons. The van der Waals surface area contributed by atoms with Crippen LogP contribution in [0.3, 0.4) is 0 Å². The number of rotatable bonds is 7. The molecule has 1 aromatic carbocycles. The van der Waals surface area contributed by atoms with Crippen LogP contribution < -0.4 is 5.73 Å². The predicted molar refractivity (Wildman–Crippen MR) is 74.7 cm³/mol. The summed E-state index contributed by atoms with van der Waals surface area (Å²) < 4.78 is 0. The SMILES string of the molecule is CCC(CC)CN(C)Cc1ccc(CN)cc1. The summed E-state index contributed by atoms with van der Waals surface area (Å²) in [5.74, 6) is 0.823. The van der Waals surface area contributed by atoms with Crippen LogP contribution in [0.15, 0.2) is 24.3 Å². The molecule has 2 N–H and O–H groups in total. The molecule has 0 aliphatic carbocycles. The average Bonchev–Trinajstić information content (AvgIpc) is 2.37. The van der Waals surface area contributed by atoms with Gasteiger partial charge in [0.25, 0.3) is 0 Å². The van der Waals surface area contributed by atoms with E-state index in [0.29, 0.717) is 6.54 Å². The summed E-state index contributed by atoms with van der Waals surface area (Å²) in [5.41, 5.74) is 8.17. The van der Waals surface area contributed by atoms with Gasteiger partial charge in [0, 0.05) is 19.6 Å². The van der Waals surface area contributed by atoms with Gasteiger partial charge in [-0.25, -0.2) is 0 Å². The molecule has 0 radical (unpaired) electrons. The van der Waals surface area contributed by atoms with Crippen molar-refractivity contribution in [2.75, 3.05) is 13.6 Å². The predicted octanol–water partition coefficient (Wildman–Crippen LogP) is 3.01. The second-order valence-electron chi connectivity index (χ2n) is 4.90. The summed E-state index contributed by atoms with van der Waals surface area (Å²) in [6.07, 6.45) is 2.54. The minimum atomic E-state index is 0.629. The van der Waals surface area contributed by atoms with Crippen LogP contribution in [0, 0.1) is 5.92 Å². The topological polar surface area (TPSA) is 29.3 Å². The maximum absolute atomic E-state index is 5.59. The lowest BCUT2D eigenvalue weighted by Gasteiger charge is -2.22. The smallest absolute Gasteiger partial charge is 0.0230 e. The molecule has 0 bridgehead atoms. The lowest BCUT2D eigenvalue weighted by molar-refractivity contribution is 0.260. The highest BCUT2D eigenvalue weighted by Gasteiger charge is 2.07. The molecule has 0 saturated carbocycles. The zero-order chi connectivity index (χ0) is 12.7. The van der Waals surface area contributed by atoms with Crippen molar-refractivity contribution < 1.29 is 0 Å². The van der Waals surface area contributed by atoms with Crippen molar-refractivity contribution in [3.8, 4) is 0 Å². The van der Waals surface area contributed by atoms with Gasteiger partial charge < -0.3 is 10.6 Å². The van der Waals surface area contributed by atoms with Gasteiger partial charge in [-0.2, -0.15) is 0 Å². The first kappa shape index (κ1) is 14.2. The van der Waals surface area contributed by atoms with E-state index in [-0.39, 0.29) is 0 Å². The molecule has 0 atom stereocenters. The van der Waals surface area contributed by atoms with E-state index in [1.165, 1.54) is 30.5 Å². The molecule has 2 nitrogen and oxygen atoms in total. The van der Waals surface area contributed by atoms with Crippen molar-refractivity contribution in [1.82, 2.24) is 4.90 Å². The highest BCUT2D eigenvalue weighted by molar-refractivity contribution is 5.22. The summed E-state index contributed by atoms with van der Waals surface area (Å²) in [7, 11) is 2.20. The third-order valence-electron chi connectivity index (χ3n) is 3.44. The van der Waals surface area contributed by atoms with Crippen LogP contribution in [-0.2, 0) is 13.1 Å². The molecule has 1 aromatic rings. The summed E-state index contributed by atoms with van der Waals surface area (Å²) in [5, 5.41) is 0. The van der Waals surface area contributed by atoms with E-state index >= 15 is 0 Å². The van der Waals surface area contributed by atoms with Crippen molar-refractivity contribution in [2.45, 2.75) is 39.8 Å². The second-order valence-corrected chi connectivity index (χ2v) is 4.90. The first-order chi connectivity index (χ1) is 8.19. The quantitative estimate of drug-likeness (QED) is 0.786. The standard InChI is InChI=1S/C15H26N2/c1-4-13(5-2)11-17(3)12-15-8-6-14(10-16)7-9-15/h6-9,13H,4-5,10-12,16H2,1-3H3. The van der Waals surface area contributed by atoms with Crippen molar-refractivity contribution >= 4 is 0 Å². The fourth-order valence-electron chi connectivity index (χ4n) is 2.14. The van der Waals surface area contributed by atoms with Crippen molar-refractivity contribution in [2.24, 2.45) is 11.7 Å². The van der Waals surface area contributed by atoms with Crippen LogP contribution in [0.1, 0.15) is 37.8 Å². The lowest BCUT2D eigenvalue weighted by atomic mass is 10.0. The largest absolute Gasteiger partial charge is 0.326 e. The van der Waals surface area contributed by atoms with Crippen LogP contribution in [0.25, 0.3) is 0 Å². The molecular formula is C15H26N2. The van der Waals surface area contributed by atoms with Gasteiger partial charge in [-0.1, -0.05) is 51.0 Å². The fraction of sp³-hybridized carbons (Fsp3) is 0.600. The van der Waals surface area contributed by atoms with E-state index in [0.717, 1.165) is 12.5 Å². The Labute approximate surface area is 106 Å². The maximum Gasteiger partial charge on any atom is 0.0230 e. The summed E-state index contributed by atoms with van der Waals surface area (Å²) in [6, 6.07) is 8.62. The van der Waals surface area contributed by atoms with E-state index in [1.807, 2.05) is 0 Å². The monoisotopic (exact) mass is 234 g/mol. The summed E-state index contributed by atoms with van der Waals surface area (Å²) in [6.45, 7) is 7.40. The molecule has 0 aliphatic heterocycles. The minimum absolute atomic E-state index is 0.629. The lowest BCUT2D eigenvalue weighted by Crippen LogP contribution is -2.24. The highest BCUT2D eigenvalue weighted by Crippen LogP contribution is 2.12. The molecule has 2 heteroatoms. The molecule has 1 rings (SSSR count). The summed E-state index contributed by atoms with van der Waals surface area (Å²) in [4.78, 5) is 2.41. The Hall–Kier alpha value is -0.860. The first-order valence-corrected chi connectivity index (χ1v) is 6.66. The molecular weight excluding hydrogens is 208 g/mol. The Morgan fingerprint density at radius 3 is 2.06 bits per heavy atom. The number of benzene rings is 1. The molecule has 17 heavy (non-hydrogen) atoms. The number of hydrogen-bond acceptors (Lipinski definition) is 2. The second kappa shape index (κ2) is 7.46. The highest BCUT2D eigenvalue weighted by atomic mass is 15.1. The van der Waals surface area contributed by atoms with E-state index in [9.17, 15) is 0 Å². The molecule has 0 heterocycles. The normalized spacial score (nSPS) is 11.4. The van der Waals surface area contributed by atoms with Crippen molar-refractivity contribution in [3.63, 3.8) is 0 Å². The Balaban J connectivity index is 2.46. The summed E-state index contributed by atoms with van der Waals surface area (Å²) >= 11 is 0. The van der Waals surface area contributed by atoms with Gasteiger partial charge in [0.15, 0.2) is 0 Å². The molecule has 0 amide bonds. The van der Waals surface area contributed by atoms with Crippen LogP contribution in [-0.4, -0.2) is 18.5 Å². The Kier molecular flexibility index (Phi) is 6.23. The number of hydrogen-bond donors (Lipinski definition) is 1. The first-order valence-electron chi connectivity index (χ1n) is 6.66. The van der Waals surface area contributed by atoms with Crippen LogP contribution in [0.2, 0.25) is 0 Å². The average molecular weight is 234 g/mol.